The lowest BCUT2D eigenvalue weighted by Gasteiger charge is -2.11. The minimum atomic E-state index is -1.13. The van der Waals surface area contributed by atoms with Crippen LogP contribution in [0.3, 0.4) is 0 Å². The van der Waals surface area contributed by atoms with Crippen LogP contribution in [0.15, 0.2) is 29.6 Å². The number of carbonyl (C=O) groups excluding carboxylic acids is 3. The van der Waals surface area contributed by atoms with Crippen LogP contribution in [0.2, 0.25) is 5.02 Å². The number of aromatic nitrogens is 1. The van der Waals surface area contributed by atoms with Gasteiger partial charge in [-0.05, 0) is 13.0 Å². The van der Waals surface area contributed by atoms with E-state index in [4.69, 9.17) is 16.3 Å². The number of halogens is 1. The van der Waals surface area contributed by atoms with Crippen molar-refractivity contribution in [2.75, 3.05) is 7.11 Å². The molecule has 132 valence electrons. The van der Waals surface area contributed by atoms with Gasteiger partial charge in [0.05, 0.1) is 24.2 Å². The molecule has 1 N–H and O–H groups in total. The van der Waals surface area contributed by atoms with Crippen LogP contribution in [0.25, 0.3) is 10.6 Å². The van der Waals surface area contributed by atoms with Crippen LogP contribution in [-0.2, 0) is 25.5 Å². The van der Waals surface area contributed by atoms with Gasteiger partial charge in [0.15, 0.2) is 6.10 Å². The number of thiazole rings is 1. The molecule has 0 saturated carbocycles. The van der Waals surface area contributed by atoms with Crippen molar-refractivity contribution in [1.82, 2.24) is 10.3 Å². The number of hydrogen-bond acceptors (Lipinski definition) is 7. The second kappa shape index (κ2) is 8.59. The number of amides is 2. The van der Waals surface area contributed by atoms with Crippen molar-refractivity contribution in [3.63, 3.8) is 0 Å². The number of ether oxygens (including phenoxy) is 2. The summed E-state index contributed by atoms with van der Waals surface area (Å²) in [6.07, 6.45) is -2.15. The average Bonchev–Trinajstić information content (AvgIpc) is 3.02. The van der Waals surface area contributed by atoms with E-state index < -0.39 is 24.1 Å². The Bertz CT molecular complexity index is 792. The van der Waals surface area contributed by atoms with Crippen molar-refractivity contribution in [3.05, 3.63) is 40.4 Å². The van der Waals surface area contributed by atoms with Gasteiger partial charge in [-0.25, -0.2) is 9.78 Å². The molecule has 0 aliphatic rings. The van der Waals surface area contributed by atoms with Crippen molar-refractivity contribution >= 4 is 40.9 Å². The Morgan fingerprint density at radius 3 is 2.72 bits per heavy atom. The zero-order valence-electron chi connectivity index (χ0n) is 13.4. The fourth-order valence-corrected chi connectivity index (χ4v) is 2.98. The Morgan fingerprint density at radius 2 is 2.04 bits per heavy atom. The summed E-state index contributed by atoms with van der Waals surface area (Å²) in [5, 5.41) is 4.90. The van der Waals surface area contributed by atoms with Crippen molar-refractivity contribution in [3.8, 4) is 10.6 Å². The van der Waals surface area contributed by atoms with Gasteiger partial charge in [0.1, 0.15) is 5.01 Å². The molecule has 25 heavy (non-hydrogen) atoms. The molecule has 2 rings (SSSR count). The molecule has 0 unspecified atom stereocenters. The molecule has 1 atom stereocenters. The summed E-state index contributed by atoms with van der Waals surface area (Å²) >= 11 is 7.48. The quantitative estimate of drug-likeness (QED) is 0.799. The minimum Gasteiger partial charge on any atom is -0.453 e. The van der Waals surface area contributed by atoms with Crippen LogP contribution in [0, 0.1) is 0 Å². The van der Waals surface area contributed by atoms with Crippen LogP contribution in [0.4, 0.5) is 4.79 Å². The monoisotopic (exact) mass is 382 g/mol. The van der Waals surface area contributed by atoms with Crippen molar-refractivity contribution < 1.29 is 23.9 Å². The summed E-state index contributed by atoms with van der Waals surface area (Å²) in [7, 11) is 1.12. The van der Waals surface area contributed by atoms with Crippen LogP contribution in [-0.4, -0.2) is 36.2 Å². The molecule has 9 heteroatoms. The average molecular weight is 383 g/mol. The van der Waals surface area contributed by atoms with E-state index in [0.717, 1.165) is 12.7 Å². The number of rotatable bonds is 5. The summed E-state index contributed by atoms with van der Waals surface area (Å²) in [5.41, 5.74) is 1.28. The first-order valence-corrected chi connectivity index (χ1v) is 8.44. The zero-order valence-corrected chi connectivity index (χ0v) is 15.0. The molecule has 0 bridgehead atoms. The molecule has 0 radical (unpaired) electrons. The Balaban J connectivity index is 1.94. The van der Waals surface area contributed by atoms with E-state index in [1.165, 1.54) is 18.3 Å². The largest absolute Gasteiger partial charge is 0.453 e. The number of esters is 1. The number of carbonyl (C=O) groups is 3. The van der Waals surface area contributed by atoms with Gasteiger partial charge in [-0.2, -0.15) is 0 Å². The van der Waals surface area contributed by atoms with Gasteiger partial charge in [-0.3, -0.25) is 14.9 Å². The predicted octanol–water partition coefficient (Wildman–Crippen LogP) is 2.82. The third-order valence-electron chi connectivity index (χ3n) is 3.07. The third-order valence-corrected chi connectivity index (χ3v) is 4.32. The molecule has 1 heterocycles. The summed E-state index contributed by atoms with van der Waals surface area (Å²) in [5.74, 6) is -1.40. The number of benzene rings is 1. The summed E-state index contributed by atoms with van der Waals surface area (Å²) in [4.78, 5) is 38.8. The van der Waals surface area contributed by atoms with Gasteiger partial charge in [0.25, 0.3) is 5.91 Å². The molecule has 0 aliphatic carbocycles. The molecule has 2 amide bonds. The number of nitrogens with one attached hydrogen (secondary N) is 1. The topological polar surface area (TPSA) is 94.6 Å². The number of imide groups is 1. The van der Waals surface area contributed by atoms with E-state index in [9.17, 15) is 14.4 Å². The standard InChI is InChI=1S/C16H15ClN2O5S/c1-9(14(21)19-16(22)23-2)24-13(20)7-10-8-25-15(18-10)11-5-3-4-6-12(11)17/h3-6,8-9H,7H2,1-2H3,(H,19,21,22)/t9-/m0/s1. The summed E-state index contributed by atoms with van der Waals surface area (Å²) < 4.78 is 9.28. The molecular weight excluding hydrogens is 368 g/mol. The van der Waals surface area contributed by atoms with Crippen LogP contribution >= 0.6 is 22.9 Å². The maximum atomic E-state index is 11.9. The van der Waals surface area contributed by atoms with E-state index in [0.29, 0.717) is 15.7 Å². The fraction of sp³-hybridized carbons (Fsp3) is 0.250. The van der Waals surface area contributed by atoms with Crippen LogP contribution in [0.5, 0.6) is 0 Å². The summed E-state index contributed by atoms with van der Waals surface area (Å²) in [6.45, 7) is 1.35. The Hall–Kier alpha value is -2.45. The Kier molecular flexibility index (Phi) is 6.49. The van der Waals surface area contributed by atoms with E-state index in [-0.39, 0.29) is 6.42 Å². The first-order chi connectivity index (χ1) is 11.9. The normalized spacial score (nSPS) is 11.5. The van der Waals surface area contributed by atoms with E-state index >= 15 is 0 Å². The summed E-state index contributed by atoms with van der Waals surface area (Å²) in [6, 6.07) is 7.26. The van der Waals surface area contributed by atoms with E-state index in [2.05, 4.69) is 9.72 Å². The number of alkyl carbamates (subject to hydrolysis) is 1. The molecule has 0 fully saturated rings. The minimum absolute atomic E-state index is 0.100. The van der Waals surface area contributed by atoms with Gasteiger partial charge in [-0.15, -0.1) is 11.3 Å². The third kappa shape index (κ3) is 5.27. The molecule has 0 spiro atoms. The lowest BCUT2D eigenvalue weighted by atomic mass is 10.2. The fourth-order valence-electron chi connectivity index (χ4n) is 1.84. The van der Waals surface area contributed by atoms with Gasteiger partial charge in [0, 0.05) is 10.9 Å². The smallest absolute Gasteiger partial charge is 0.413 e. The second-order valence-corrected chi connectivity index (χ2v) is 6.18. The molecule has 7 nitrogen and oxygen atoms in total. The highest BCUT2D eigenvalue weighted by molar-refractivity contribution is 7.13. The van der Waals surface area contributed by atoms with E-state index in [1.54, 1.807) is 11.4 Å². The maximum absolute atomic E-state index is 11.9. The highest BCUT2D eigenvalue weighted by atomic mass is 35.5. The van der Waals surface area contributed by atoms with Gasteiger partial charge in [0.2, 0.25) is 0 Å². The highest BCUT2D eigenvalue weighted by Crippen LogP contribution is 2.30. The van der Waals surface area contributed by atoms with Crippen molar-refractivity contribution in [1.29, 1.82) is 0 Å². The number of methoxy groups -OCH3 is 1. The highest BCUT2D eigenvalue weighted by Gasteiger charge is 2.21. The first kappa shape index (κ1) is 18.9. The molecular formula is C16H15ClN2O5S. The first-order valence-electron chi connectivity index (χ1n) is 7.18. The molecule has 1 aromatic carbocycles. The molecule has 0 aliphatic heterocycles. The van der Waals surface area contributed by atoms with Gasteiger partial charge >= 0.3 is 12.1 Å². The van der Waals surface area contributed by atoms with Crippen molar-refractivity contribution in [2.45, 2.75) is 19.4 Å². The predicted molar refractivity (Wildman–Crippen MR) is 92.4 cm³/mol. The Labute approximate surface area is 152 Å². The Morgan fingerprint density at radius 1 is 1.32 bits per heavy atom. The van der Waals surface area contributed by atoms with Crippen LogP contribution < -0.4 is 5.32 Å². The van der Waals surface area contributed by atoms with Gasteiger partial charge in [-0.1, -0.05) is 29.8 Å². The molecule has 2 aromatic rings. The van der Waals surface area contributed by atoms with Crippen molar-refractivity contribution in [2.24, 2.45) is 0 Å². The van der Waals surface area contributed by atoms with Gasteiger partial charge < -0.3 is 9.47 Å². The second-order valence-electron chi connectivity index (χ2n) is 4.91. The molecule has 1 aromatic heterocycles. The van der Waals surface area contributed by atoms with E-state index in [1.807, 2.05) is 23.5 Å². The van der Waals surface area contributed by atoms with Crippen LogP contribution in [0.1, 0.15) is 12.6 Å². The lowest BCUT2D eigenvalue weighted by molar-refractivity contribution is -0.154. The maximum Gasteiger partial charge on any atom is 0.413 e. The SMILES string of the molecule is COC(=O)NC(=O)[C@H](C)OC(=O)Cc1csc(-c2ccccc2Cl)n1. The number of nitrogens with zero attached hydrogens (tertiary/aromatic N) is 1. The lowest BCUT2D eigenvalue weighted by Crippen LogP contribution is -2.39. The zero-order chi connectivity index (χ0) is 18.4. The molecule has 0 saturated heterocycles. The number of hydrogen-bond donors (Lipinski definition) is 1.